The topological polar surface area (TPSA) is 54.5 Å². The van der Waals surface area contributed by atoms with Gasteiger partial charge in [0.2, 0.25) is 5.91 Å². The molecule has 1 amide bonds. The van der Waals surface area contributed by atoms with Crippen LogP contribution < -0.4 is 4.90 Å². The van der Waals surface area contributed by atoms with Crippen molar-refractivity contribution < 1.29 is 13.2 Å². The Morgan fingerprint density at radius 2 is 2.00 bits per heavy atom. The van der Waals surface area contributed by atoms with Crippen molar-refractivity contribution in [3.63, 3.8) is 0 Å². The second-order valence-corrected chi connectivity index (χ2v) is 7.85. The predicted octanol–water partition coefficient (Wildman–Crippen LogP) is 2.12. The highest BCUT2D eigenvalue weighted by atomic mass is 32.2. The Bertz CT molecular complexity index is 632. The number of hydrogen-bond donors (Lipinski definition) is 0. The van der Waals surface area contributed by atoms with E-state index in [0.29, 0.717) is 6.54 Å². The molecule has 2 rings (SSSR count). The molecule has 0 unspecified atom stereocenters. The second-order valence-electron chi connectivity index (χ2n) is 5.57. The Balaban J connectivity index is 2.62. The first-order chi connectivity index (χ1) is 8.69. The SMILES string of the molecule is CCS(=O)(=O)c1ccc2c(c1)N(C(C)=O)CC2(C)C. The number of anilines is 1. The minimum absolute atomic E-state index is 0.0575. The molecule has 4 nitrogen and oxygen atoms in total. The van der Waals surface area contributed by atoms with Crippen molar-refractivity contribution in [3.05, 3.63) is 23.8 Å². The van der Waals surface area contributed by atoms with Crippen molar-refractivity contribution in [1.29, 1.82) is 0 Å². The van der Waals surface area contributed by atoms with Crippen molar-refractivity contribution in [2.75, 3.05) is 17.2 Å². The molecule has 0 saturated carbocycles. The summed E-state index contributed by atoms with van der Waals surface area (Å²) >= 11 is 0. The van der Waals surface area contributed by atoms with E-state index in [0.717, 1.165) is 11.3 Å². The molecule has 0 spiro atoms. The summed E-state index contributed by atoms with van der Waals surface area (Å²) in [6.07, 6.45) is 0. The Kier molecular flexibility index (Phi) is 3.21. The van der Waals surface area contributed by atoms with Crippen LogP contribution in [0.15, 0.2) is 23.1 Å². The lowest BCUT2D eigenvalue weighted by Crippen LogP contribution is -2.32. The molecule has 0 atom stereocenters. The van der Waals surface area contributed by atoms with Crippen LogP contribution in [0.3, 0.4) is 0 Å². The lowest BCUT2D eigenvalue weighted by Gasteiger charge is -2.19. The average Bonchev–Trinajstić information content (AvgIpc) is 2.61. The molecular weight excluding hydrogens is 262 g/mol. The van der Waals surface area contributed by atoms with E-state index in [1.807, 2.05) is 6.07 Å². The van der Waals surface area contributed by atoms with E-state index in [1.165, 1.54) is 6.92 Å². The van der Waals surface area contributed by atoms with E-state index in [-0.39, 0.29) is 22.0 Å². The number of hydrogen-bond acceptors (Lipinski definition) is 3. The van der Waals surface area contributed by atoms with Gasteiger partial charge in [0.25, 0.3) is 0 Å². The van der Waals surface area contributed by atoms with Gasteiger partial charge in [-0.15, -0.1) is 0 Å². The third-order valence-electron chi connectivity index (χ3n) is 3.66. The largest absolute Gasteiger partial charge is 0.311 e. The number of sulfone groups is 1. The molecular formula is C14H19NO3S. The van der Waals surface area contributed by atoms with Crippen molar-refractivity contribution in [1.82, 2.24) is 0 Å². The lowest BCUT2D eigenvalue weighted by molar-refractivity contribution is -0.116. The number of fused-ring (bicyclic) bond motifs is 1. The number of rotatable bonds is 2. The molecule has 1 aromatic rings. The van der Waals surface area contributed by atoms with Crippen LogP contribution >= 0.6 is 0 Å². The fourth-order valence-electron chi connectivity index (χ4n) is 2.51. The maximum atomic E-state index is 11.9. The molecule has 1 aliphatic heterocycles. The summed E-state index contributed by atoms with van der Waals surface area (Å²) < 4.78 is 23.9. The summed E-state index contributed by atoms with van der Waals surface area (Å²) in [5.41, 5.74) is 1.61. The molecule has 1 aliphatic rings. The van der Waals surface area contributed by atoms with Crippen LogP contribution in [0, 0.1) is 0 Å². The Hall–Kier alpha value is -1.36. The van der Waals surface area contributed by atoms with Crippen LogP contribution in [0.5, 0.6) is 0 Å². The third kappa shape index (κ3) is 2.27. The molecule has 1 heterocycles. The van der Waals surface area contributed by atoms with E-state index in [2.05, 4.69) is 13.8 Å². The van der Waals surface area contributed by atoms with Crippen molar-refractivity contribution >= 4 is 21.4 Å². The Labute approximate surface area is 114 Å². The zero-order valence-electron chi connectivity index (χ0n) is 11.7. The maximum absolute atomic E-state index is 11.9. The van der Waals surface area contributed by atoms with Crippen molar-refractivity contribution in [3.8, 4) is 0 Å². The Morgan fingerprint density at radius 1 is 1.37 bits per heavy atom. The molecule has 0 aromatic heterocycles. The molecule has 0 saturated heterocycles. The second kappa shape index (κ2) is 4.34. The zero-order chi connectivity index (χ0) is 14.4. The van der Waals surface area contributed by atoms with Crippen LogP contribution in [0.25, 0.3) is 0 Å². The normalized spacial score (nSPS) is 17.4. The fourth-order valence-corrected chi connectivity index (χ4v) is 3.41. The zero-order valence-corrected chi connectivity index (χ0v) is 12.5. The molecule has 0 radical (unpaired) electrons. The van der Waals surface area contributed by atoms with E-state index >= 15 is 0 Å². The van der Waals surface area contributed by atoms with E-state index in [1.54, 1.807) is 24.0 Å². The van der Waals surface area contributed by atoms with Gasteiger partial charge in [0.05, 0.1) is 10.6 Å². The van der Waals surface area contributed by atoms with Crippen molar-refractivity contribution in [2.45, 2.75) is 38.0 Å². The van der Waals surface area contributed by atoms with Gasteiger partial charge in [0.15, 0.2) is 9.84 Å². The lowest BCUT2D eigenvalue weighted by atomic mass is 9.87. The standard InChI is InChI=1S/C14H19NO3S/c1-5-19(17,18)11-6-7-12-13(8-11)15(10(2)16)9-14(12,3)4/h6-8H,5,9H2,1-4H3. The molecule has 0 aliphatic carbocycles. The molecule has 19 heavy (non-hydrogen) atoms. The molecule has 104 valence electrons. The smallest absolute Gasteiger partial charge is 0.223 e. The van der Waals surface area contributed by atoms with Gasteiger partial charge in [-0.05, 0) is 17.7 Å². The number of carbonyl (C=O) groups is 1. The van der Waals surface area contributed by atoms with Crippen LogP contribution in [0.2, 0.25) is 0 Å². The van der Waals surface area contributed by atoms with Crippen LogP contribution in [0.1, 0.15) is 33.3 Å². The number of nitrogens with zero attached hydrogens (tertiary/aromatic N) is 1. The quantitative estimate of drug-likeness (QED) is 0.834. The minimum Gasteiger partial charge on any atom is -0.311 e. The molecule has 0 fully saturated rings. The number of carbonyl (C=O) groups excluding carboxylic acids is 1. The van der Waals surface area contributed by atoms with Crippen LogP contribution in [-0.4, -0.2) is 26.6 Å². The highest BCUT2D eigenvalue weighted by Crippen LogP contribution is 2.41. The monoisotopic (exact) mass is 281 g/mol. The summed E-state index contributed by atoms with van der Waals surface area (Å²) in [6, 6.07) is 5.11. The summed E-state index contributed by atoms with van der Waals surface area (Å²) in [4.78, 5) is 13.6. The summed E-state index contributed by atoms with van der Waals surface area (Å²) in [5.74, 6) is 0.00721. The highest BCUT2D eigenvalue weighted by Gasteiger charge is 2.37. The highest BCUT2D eigenvalue weighted by molar-refractivity contribution is 7.91. The first kappa shape index (κ1) is 14.1. The fraction of sp³-hybridized carbons (Fsp3) is 0.500. The van der Waals surface area contributed by atoms with E-state index in [4.69, 9.17) is 0 Å². The third-order valence-corrected chi connectivity index (χ3v) is 5.39. The van der Waals surface area contributed by atoms with Crippen LogP contribution in [0.4, 0.5) is 5.69 Å². The van der Waals surface area contributed by atoms with Gasteiger partial charge in [-0.25, -0.2) is 8.42 Å². The van der Waals surface area contributed by atoms with Crippen molar-refractivity contribution in [2.24, 2.45) is 0 Å². The van der Waals surface area contributed by atoms with E-state index < -0.39 is 9.84 Å². The van der Waals surface area contributed by atoms with Gasteiger partial charge in [0, 0.05) is 24.6 Å². The number of benzene rings is 1. The van der Waals surface area contributed by atoms with Gasteiger partial charge in [-0.3, -0.25) is 4.79 Å². The minimum atomic E-state index is -3.24. The van der Waals surface area contributed by atoms with Gasteiger partial charge in [0.1, 0.15) is 0 Å². The van der Waals surface area contributed by atoms with E-state index in [9.17, 15) is 13.2 Å². The van der Waals surface area contributed by atoms with Gasteiger partial charge in [-0.1, -0.05) is 26.8 Å². The predicted molar refractivity (Wildman–Crippen MR) is 75.2 cm³/mol. The molecule has 0 bridgehead atoms. The average molecular weight is 281 g/mol. The summed E-state index contributed by atoms with van der Waals surface area (Å²) in [7, 11) is -3.24. The summed E-state index contributed by atoms with van der Waals surface area (Å²) in [5, 5.41) is 0. The van der Waals surface area contributed by atoms with Gasteiger partial charge >= 0.3 is 0 Å². The first-order valence-corrected chi connectivity index (χ1v) is 7.99. The first-order valence-electron chi connectivity index (χ1n) is 6.34. The maximum Gasteiger partial charge on any atom is 0.223 e. The van der Waals surface area contributed by atoms with Crippen LogP contribution in [-0.2, 0) is 20.0 Å². The molecule has 0 N–H and O–H groups in total. The Morgan fingerprint density at radius 3 is 2.53 bits per heavy atom. The molecule has 1 aromatic carbocycles. The summed E-state index contributed by atoms with van der Waals surface area (Å²) in [6.45, 7) is 7.83. The number of amides is 1. The van der Waals surface area contributed by atoms with Gasteiger partial charge < -0.3 is 4.90 Å². The molecule has 5 heteroatoms. The van der Waals surface area contributed by atoms with Gasteiger partial charge in [-0.2, -0.15) is 0 Å².